The van der Waals surface area contributed by atoms with Gasteiger partial charge in [-0.15, -0.1) is 0 Å². The molecule has 1 aromatic rings. The average molecular weight is 251 g/mol. The molecule has 1 fully saturated rings. The van der Waals surface area contributed by atoms with Crippen molar-refractivity contribution in [3.63, 3.8) is 0 Å². The number of likely N-dealkylation sites (tertiary alicyclic amines) is 1. The molecule has 0 spiro atoms. The first-order chi connectivity index (χ1) is 8.65. The van der Waals surface area contributed by atoms with Gasteiger partial charge in [-0.2, -0.15) is 0 Å². The summed E-state index contributed by atoms with van der Waals surface area (Å²) in [6, 6.07) is 3.13. The van der Waals surface area contributed by atoms with Crippen LogP contribution in [0.1, 0.15) is 23.3 Å². The normalized spacial score (nSPS) is 19.0. The summed E-state index contributed by atoms with van der Waals surface area (Å²) in [6.07, 6.45) is 3.32. The molecule has 6 heteroatoms. The van der Waals surface area contributed by atoms with Crippen molar-refractivity contribution in [2.75, 3.05) is 13.7 Å². The van der Waals surface area contributed by atoms with E-state index in [0.717, 1.165) is 6.42 Å². The van der Waals surface area contributed by atoms with Crippen LogP contribution in [0.2, 0.25) is 0 Å². The monoisotopic (exact) mass is 251 g/mol. The number of aryl methyl sites for hydroxylation is 1. The molecule has 0 bridgehead atoms. The van der Waals surface area contributed by atoms with E-state index in [1.54, 1.807) is 15.5 Å². The zero-order chi connectivity index (χ0) is 13.1. The maximum atomic E-state index is 12.3. The maximum Gasteiger partial charge on any atom is 0.271 e. The molecule has 1 N–H and O–H groups in total. The van der Waals surface area contributed by atoms with Crippen LogP contribution in [-0.2, 0) is 16.7 Å². The van der Waals surface area contributed by atoms with Gasteiger partial charge in [-0.25, -0.2) is 5.48 Å². The van der Waals surface area contributed by atoms with E-state index in [9.17, 15) is 9.59 Å². The minimum atomic E-state index is -0.438. The van der Waals surface area contributed by atoms with E-state index in [-0.39, 0.29) is 11.8 Å². The van der Waals surface area contributed by atoms with E-state index in [2.05, 4.69) is 10.3 Å². The second-order valence-corrected chi connectivity index (χ2v) is 4.33. The maximum absolute atomic E-state index is 12.3. The minimum absolute atomic E-state index is 0.115. The fourth-order valence-electron chi connectivity index (χ4n) is 2.28. The fraction of sp³-hybridized carbons (Fsp3) is 0.500. The van der Waals surface area contributed by atoms with Crippen LogP contribution in [-0.4, -0.2) is 41.0 Å². The van der Waals surface area contributed by atoms with Crippen LogP contribution in [0.4, 0.5) is 0 Å². The standard InChI is InChI=1S/C12H17N3O3/c1-14-7-3-6-10(14)12(17)15-8-4-5-9(15)11(16)13-18-2/h3,6-7,9H,4-5,8H2,1-2H3,(H,13,16)/t9-/m0/s1. The van der Waals surface area contributed by atoms with Crippen molar-refractivity contribution in [2.45, 2.75) is 18.9 Å². The molecular weight excluding hydrogens is 234 g/mol. The third-order valence-electron chi connectivity index (χ3n) is 3.18. The van der Waals surface area contributed by atoms with E-state index >= 15 is 0 Å². The van der Waals surface area contributed by atoms with Gasteiger partial charge in [0.2, 0.25) is 0 Å². The number of nitrogens with zero attached hydrogens (tertiary/aromatic N) is 2. The second kappa shape index (κ2) is 5.22. The Kier molecular flexibility index (Phi) is 3.66. The van der Waals surface area contributed by atoms with Gasteiger partial charge in [0.15, 0.2) is 0 Å². The van der Waals surface area contributed by atoms with Gasteiger partial charge >= 0.3 is 0 Å². The summed E-state index contributed by atoms with van der Waals surface area (Å²) in [6.45, 7) is 0.603. The topological polar surface area (TPSA) is 63.6 Å². The number of aromatic nitrogens is 1. The van der Waals surface area contributed by atoms with Crippen molar-refractivity contribution in [2.24, 2.45) is 7.05 Å². The van der Waals surface area contributed by atoms with Gasteiger partial charge in [-0.3, -0.25) is 14.4 Å². The lowest BCUT2D eigenvalue weighted by molar-refractivity contribution is -0.135. The Labute approximate surface area is 105 Å². The van der Waals surface area contributed by atoms with Crippen LogP contribution < -0.4 is 5.48 Å². The second-order valence-electron chi connectivity index (χ2n) is 4.33. The lowest BCUT2D eigenvalue weighted by Crippen LogP contribution is -2.46. The number of hydrogen-bond donors (Lipinski definition) is 1. The van der Waals surface area contributed by atoms with E-state index in [0.29, 0.717) is 18.7 Å². The predicted molar refractivity (Wildman–Crippen MR) is 64.6 cm³/mol. The number of hydrogen-bond acceptors (Lipinski definition) is 3. The lowest BCUT2D eigenvalue weighted by atomic mass is 10.2. The van der Waals surface area contributed by atoms with Crippen LogP contribution in [0.25, 0.3) is 0 Å². The van der Waals surface area contributed by atoms with Gasteiger partial charge in [0.1, 0.15) is 11.7 Å². The van der Waals surface area contributed by atoms with Gasteiger partial charge < -0.3 is 9.47 Å². The number of rotatable bonds is 3. The van der Waals surface area contributed by atoms with Gasteiger partial charge in [-0.05, 0) is 25.0 Å². The molecule has 2 amide bonds. The highest BCUT2D eigenvalue weighted by molar-refractivity contribution is 5.96. The molecule has 0 radical (unpaired) electrons. The molecule has 98 valence electrons. The summed E-state index contributed by atoms with van der Waals surface area (Å²) in [7, 11) is 3.20. The Bertz CT molecular complexity index is 455. The number of amides is 2. The van der Waals surface area contributed by atoms with Crippen LogP contribution in [0.5, 0.6) is 0 Å². The summed E-state index contributed by atoms with van der Waals surface area (Å²) < 4.78 is 1.76. The van der Waals surface area contributed by atoms with Crippen LogP contribution >= 0.6 is 0 Å². The van der Waals surface area contributed by atoms with Crippen LogP contribution in [0, 0.1) is 0 Å². The average Bonchev–Trinajstić information content (AvgIpc) is 2.96. The molecule has 1 aliphatic rings. The molecule has 6 nitrogen and oxygen atoms in total. The third kappa shape index (κ3) is 2.24. The number of carbonyl (C=O) groups is 2. The molecule has 0 unspecified atom stereocenters. The Morgan fingerprint density at radius 1 is 1.50 bits per heavy atom. The summed E-state index contributed by atoms with van der Waals surface area (Å²) >= 11 is 0. The van der Waals surface area contributed by atoms with Gasteiger partial charge in [0.25, 0.3) is 11.8 Å². The molecule has 0 saturated carbocycles. The highest BCUT2D eigenvalue weighted by Gasteiger charge is 2.35. The van der Waals surface area contributed by atoms with Gasteiger partial charge in [0, 0.05) is 19.8 Å². The van der Waals surface area contributed by atoms with Crippen LogP contribution in [0.15, 0.2) is 18.3 Å². The summed E-state index contributed by atoms with van der Waals surface area (Å²) in [4.78, 5) is 30.3. The molecule has 2 rings (SSSR count). The van der Waals surface area contributed by atoms with Crippen molar-refractivity contribution in [1.82, 2.24) is 14.9 Å². The SMILES string of the molecule is CONC(=O)[C@@H]1CCCN1C(=O)c1cccn1C. The smallest absolute Gasteiger partial charge is 0.271 e. The largest absolute Gasteiger partial charge is 0.347 e. The quantitative estimate of drug-likeness (QED) is 0.786. The lowest BCUT2D eigenvalue weighted by Gasteiger charge is -2.23. The van der Waals surface area contributed by atoms with Crippen molar-refractivity contribution in [3.8, 4) is 0 Å². The fourth-order valence-corrected chi connectivity index (χ4v) is 2.28. The highest BCUT2D eigenvalue weighted by atomic mass is 16.6. The number of carbonyl (C=O) groups excluding carboxylic acids is 2. The molecule has 0 aromatic carbocycles. The zero-order valence-electron chi connectivity index (χ0n) is 10.5. The van der Waals surface area contributed by atoms with E-state index in [4.69, 9.17) is 0 Å². The van der Waals surface area contributed by atoms with Gasteiger partial charge in [0.05, 0.1) is 7.11 Å². The molecule has 1 atom stereocenters. The van der Waals surface area contributed by atoms with E-state index in [1.807, 2.05) is 19.3 Å². The highest BCUT2D eigenvalue weighted by Crippen LogP contribution is 2.20. The molecular formula is C12H17N3O3. The summed E-state index contributed by atoms with van der Waals surface area (Å²) in [5.41, 5.74) is 2.88. The Hall–Kier alpha value is -1.82. The van der Waals surface area contributed by atoms with Crippen molar-refractivity contribution < 1.29 is 14.4 Å². The number of nitrogens with one attached hydrogen (secondary N) is 1. The Balaban J connectivity index is 2.15. The zero-order valence-corrected chi connectivity index (χ0v) is 10.5. The molecule has 1 saturated heterocycles. The first kappa shape index (κ1) is 12.6. The number of hydroxylamine groups is 1. The summed E-state index contributed by atoms with van der Waals surface area (Å²) in [5, 5.41) is 0. The minimum Gasteiger partial charge on any atom is -0.347 e. The summed E-state index contributed by atoms with van der Waals surface area (Å²) in [5.74, 6) is -0.381. The Morgan fingerprint density at radius 2 is 2.28 bits per heavy atom. The first-order valence-electron chi connectivity index (χ1n) is 5.90. The third-order valence-corrected chi connectivity index (χ3v) is 3.18. The van der Waals surface area contributed by atoms with Crippen molar-refractivity contribution >= 4 is 11.8 Å². The molecule has 1 aromatic heterocycles. The predicted octanol–water partition coefficient (Wildman–Crippen LogP) is 0.307. The van der Waals surface area contributed by atoms with Gasteiger partial charge in [-0.1, -0.05) is 0 Å². The van der Waals surface area contributed by atoms with Crippen molar-refractivity contribution in [3.05, 3.63) is 24.0 Å². The molecule has 1 aliphatic heterocycles. The Morgan fingerprint density at radius 3 is 2.89 bits per heavy atom. The van der Waals surface area contributed by atoms with Crippen molar-refractivity contribution in [1.29, 1.82) is 0 Å². The molecule has 18 heavy (non-hydrogen) atoms. The first-order valence-corrected chi connectivity index (χ1v) is 5.90. The van der Waals surface area contributed by atoms with Crippen LogP contribution in [0.3, 0.4) is 0 Å². The van der Waals surface area contributed by atoms with E-state index in [1.165, 1.54) is 7.11 Å². The molecule has 2 heterocycles. The van der Waals surface area contributed by atoms with E-state index < -0.39 is 6.04 Å². The molecule has 0 aliphatic carbocycles.